The maximum absolute atomic E-state index is 10.6. The van der Waals surface area contributed by atoms with Gasteiger partial charge in [0, 0.05) is 27.0 Å². The Balaban J connectivity index is 2.48. The first kappa shape index (κ1) is 8.54. The van der Waals surface area contributed by atoms with Crippen molar-refractivity contribution in [1.29, 1.82) is 0 Å². The maximum atomic E-state index is 10.6. The summed E-state index contributed by atoms with van der Waals surface area (Å²) in [6, 6.07) is -0.790. The van der Waals surface area contributed by atoms with Gasteiger partial charge in [0.2, 0.25) is 0 Å². The number of nitrogens with zero attached hydrogens (tertiary/aromatic N) is 3. The van der Waals surface area contributed by atoms with Gasteiger partial charge in [-0.1, -0.05) is 0 Å². The van der Waals surface area contributed by atoms with Crippen molar-refractivity contribution in [3.63, 3.8) is 0 Å². The van der Waals surface area contributed by atoms with Crippen LogP contribution >= 0.6 is 22.6 Å². The van der Waals surface area contributed by atoms with Crippen LogP contribution in [0.4, 0.5) is 0 Å². The van der Waals surface area contributed by atoms with Crippen LogP contribution in [0.25, 0.3) is 0 Å². The summed E-state index contributed by atoms with van der Waals surface area (Å²) in [5.41, 5.74) is 0.605. The summed E-state index contributed by atoms with van der Waals surface area (Å²) in [6.45, 7) is 0. The molecule has 0 fully saturated rings. The molecule has 13 heavy (non-hydrogen) atoms. The standard InChI is InChI=1S/C7H4IN3O2/c8-4-3-10-7-6(4)5(11(12)13)1-2-9-7/h1-3,5H/t5-/m0/s1. The maximum Gasteiger partial charge on any atom is 0.262 e. The molecule has 0 aliphatic carbocycles. The Labute approximate surface area is 87.2 Å². The summed E-state index contributed by atoms with van der Waals surface area (Å²) >= 11 is 2.03. The predicted octanol–water partition coefficient (Wildman–Crippen LogP) is 1.33. The van der Waals surface area contributed by atoms with Gasteiger partial charge in [-0.15, -0.1) is 0 Å². The molecule has 0 unspecified atom stereocenters. The quantitative estimate of drug-likeness (QED) is 0.415. The lowest BCUT2D eigenvalue weighted by Gasteiger charge is -2.09. The van der Waals surface area contributed by atoms with E-state index in [1.807, 2.05) is 22.6 Å². The second-order valence-electron chi connectivity index (χ2n) is 2.54. The van der Waals surface area contributed by atoms with Crippen molar-refractivity contribution in [2.75, 3.05) is 0 Å². The third kappa shape index (κ3) is 1.30. The molecule has 0 bridgehead atoms. The van der Waals surface area contributed by atoms with E-state index in [-0.39, 0.29) is 4.92 Å². The highest BCUT2D eigenvalue weighted by Gasteiger charge is 2.33. The molecule has 1 atom stereocenters. The molecule has 0 saturated carbocycles. The molecule has 2 rings (SSSR count). The number of aliphatic imine (C=N–C) groups is 2. The first-order valence-corrected chi connectivity index (χ1v) is 4.60. The minimum Gasteiger partial charge on any atom is -0.264 e. The molecule has 0 aromatic carbocycles. The van der Waals surface area contributed by atoms with Crippen molar-refractivity contribution in [3.05, 3.63) is 31.5 Å². The number of amidine groups is 1. The van der Waals surface area contributed by atoms with Gasteiger partial charge < -0.3 is 0 Å². The minimum absolute atomic E-state index is 0.339. The molecule has 0 amide bonds. The molecule has 6 heteroatoms. The summed E-state index contributed by atoms with van der Waals surface area (Å²) in [7, 11) is 0. The Bertz CT molecular complexity index is 395. The topological polar surface area (TPSA) is 67.9 Å². The van der Waals surface area contributed by atoms with Crippen molar-refractivity contribution >= 4 is 34.6 Å². The molecule has 5 nitrogen and oxygen atoms in total. The van der Waals surface area contributed by atoms with Gasteiger partial charge in [-0.25, -0.2) is 9.98 Å². The number of fused-ring (bicyclic) bond motifs is 1. The van der Waals surface area contributed by atoms with Crippen LogP contribution in [-0.4, -0.2) is 23.0 Å². The normalized spacial score (nSPS) is 24.7. The van der Waals surface area contributed by atoms with Crippen LogP contribution in [0.1, 0.15) is 0 Å². The first-order valence-electron chi connectivity index (χ1n) is 3.52. The Morgan fingerprint density at radius 1 is 1.62 bits per heavy atom. The average molecular weight is 289 g/mol. The van der Waals surface area contributed by atoms with Crippen LogP contribution in [-0.2, 0) is 0 Å². The second kappa shape index (κ2) is 3.02. The number of halogens is 1. The van der Waals surface area contributed by atoms with Gasteiger partial charge in [0.1, 0.15) is 0 Å². The van der Waals surface area contributed by atoms with E-state index in [0.717, 1.165) is 3.58 Å². The number of rotatable bonds is 1. The van der Waals surface area contributed by atoms with Crippen molar-refractivity contribution in [2.24, 2.45) is 9.98 Å². The van der Waals surface area contributed by atoms with Crippen molar-refractivity contribution in [2.45, 2.75) is 6.04 Å². The van der Waals surface area contributed by atoms with Crippen molar-refractivity contribution in [1.82, 2.24) is 0 Å². The van der Waals surface area contributed by atoms with Crippen LogP contribution < -0.4 is 0 Å². The third-order valence-corrected chi connectivity index (χ3v) is 2.65. The van der Waals surface area contributed by atoms with E-state index in [4.69, 9.17) is 0 Å². The Morgan fingerprint density at radius 3 is 3.08 bits per heavy atom. The summed E-state index contributed by atoms with van der Waals surface area (Å²) in [5, 5.41) is 10.6. The van der Waals surface area contributed by atoms with E-state index in [2.05, 4.69) is 9.98 Å². The largest absolute Gasteiger partial charge is 0.264 e. The lowest BCUT2D eigenvalue weighted by atomic mass is 10.1. The first-order chi connectivity index (χ1) is 6.20. The number of nitro groups is 1. The fourth-order valence-corrected chi connectivity index (χ4v) is 1.91. The highest BCUT2D eigenvalue weighted by atomic mass is 127. The Kier molecular flexibility index (Phi) is 1.98. The fourth-order valence-electron chi connectivity index (χ4n) is 1.21. The number of hydrogen-bond donors (Lipinski definition) is 0. The smallest absolute Gasteiger partial charge is 0.262 e. The second-order valence-corrected chi connectivity index (χ2v) is 3.71. The summed E-state index contributed by atoms with van der Waals surface area (Å²) in [6.07, 6.45) is 4.49. The zero-order valence-corrected chi connectivity index (χ0v) is 8.50. The van der Waals surface area contributed by atoms with E-state index >= 15 is 0 Å². The molecule has 2 heterocycles. The Hall–Kier alpha value is -1.05. The lowest BCUT2D eigenvalue weighted by Crippen LogP contribution is -2.25. The molecule has 0 spiro atoms. The van der Waals surface area contributed by atoms with E-state index in [0.29, 0.717) is 11.4 Å². The lowest BCUT2D eigenvalue weighted by molar-refractivity contribution is -0.498. The van der Waals surface area contributed by atoms with Crippen LogP contribution in [0.5, 0.6) is 0 Å². The van der Waals surface area contributed by atoms with Gasteiger partial charge >= 0.3 is 0 Å². The summed E-state index contributed by atoms with van der Waals surface area (Å²) < 4.78 is 0.794. The zero-order chi connectivity index (χ0) is 9.42. The highest BCUT2D eigenvalue weighted by molar-refractivity contribution is 14.1. The average Bonchev–Trinajstić information content (AvgIpc) is 2.48. The van der Waals surface area contributed by atoms with Crippen molar-refractivity contribution < 1.29 is 4.92 Å². The van der Waals surface area contributed by atoms with E-state index in [1.54, 1.807) is 6.21 Å². The van der Waals surface area contributed by atoms with Gasteiger partial charge in [0.25, 0.3) is 6.04 Å². The summed E-state index contributed by atoms with van der Waals surface area (Å²) in [5.74, 6) is 0.466. The fraction of sp³-hybridized carbons (Fsp3) is 0.143. The van der Waals surface area contributed by atoms with Crippen LogP contribution in [0.2, 0.25) is 0 Å². The van der Waals surface area contributed by atoms with Crippen molar-refractivity contribution in [3.8, 4) is 0 Å². The molecule has 0 aromatic rings. The molecule has 2 aliphatic heterocycles. The monoisotopic (exact) mass is 289 g/mol. The summed E-state index contributed by atoms with van der Waals surface area (Å²) in [4.78, 5) is 18.2. The third-order valence-electron chi connectivity index (χ3n) is 1.79. The molecule has 2 aliphatic rings. The zero-order valence-electron chi connectivity index (χ0n) is 6.35. The molecule has 0 saturated heterocycles. The van der Waals surface area contributed by atoms with Crippen LogP contribution in [0.15, 0.2) is 31.4 Å². The molecule has 66 valence electrons. The van der Waals surface area contributed by atoms with Gasteiger partial charge in [0.05, 0.1) is 5.57 Å². The van der Waals surface area contributed by atoms with Gasteiger partial charge in [-0.05, 0) is 22.6 Å². The van der Waals surface area contributed by atoms with E-state index < -0.39 is 6.04 Å². The minimum atomic E-state index is -0.790. The molecular weight excluding hydrogens is 285 g/mol. The predicted molar refractivity (Wildman–Crippen MR) is 56.9 cm³/mol. The van der Waals surface area contributed by atoms with E-state index in [1.165, 1.54) is 12.3 Å². The van der Waals surface area contributed by atoms with E-state index in [9.17, 15) is 10.1 Å². The molecular formula is C7H4IN3O2. The van der Waals surface area contributed by atoms with Gasteiger partial charge in [0.15, 0.2) is 5.84 Å². The SMILES string of the molecule is O=[N+]([O-])[C@H]1C=CN=C2N=CC(I)=C21. The van der Waals surface area contributed by atoms with Gasteiger partial charge in [-0.2, -0.15) is 0 Å². The Morgan fingerprint density at radius 2 is 2.38 bits per heavy atom. The molecule has 0 N–H and O–H groups in total. The van der Waals surface area contributed by atoms with Crippen LogP contribution in [0, 0.1) is 10.1 Å². The number of allylic oxidation sites excluding steroid dienone is 1. The van der Waals surface area contributed by atoms with Gasteiger partial charge in [-0.3, -0.25) is 10.1 Å². The highest BCUT2D eigenvalue weighted by Crippen LogP contribution is 2.26. The molecule has 0 radical (unpaired) electrons. The molecule has 0 aromatic heterocycles. The van der Waals surface area contributed by atoms with Crippen LogP contribution in [0.3, 0.4) is 0 Å². The number of hydrogen-bond acceptors (Lipinski definition) is 4.